The molecule has 4 N–H and O–H groups in total. The molecule has 0 bridgehead atoms. The van der Waals surface area contributed by atoms with Crippen LogP contribution in [0.25, 0.3) is 0 Å². The molecule has 0 heterocycles. The zero-order chi connectivity index (χ0) is 20.5. The molecule has 8 heteroatoms. The van der Waals surface area contributed by atoms with E-state index in [1.807, 2.05) is 0 Å². The van der Waals surface area contributed by atoms with Gasteiger partial charge in [-0.25, -0.2) is 9.59 Å². The van der Waals surface area contributed by atoms with Gasteiger partial charge in [-0.15, -0.1) is 0 Å². The fraction of sp³-hybridized carbons (Fsp3) is 0.300. The number of anilines is 2. The molecule has 150 valence electrons. The number of aromatic hydroxyl groups is 2. The van der Waals surface area contributed by atoms with Crippen LogP contribution >= 0.6 is 0 Å². The average molecular weight is 388 g/mol. The number of rotatable bonds is 7. The second-order valence-electron chi connectivity index (χ2n) is 6.35. The van der Waals surface area contributed by atoms with Gasteiger partial charge in [-0.3, -0.25) is 10.6 Å². The van der Waals surface area contributed by atoms with E-state index in [-0.39, 0.29) is 23.7 Å². The van der Waals surface area contributed by atoms with Gasteiger partial charge in [0.2, 0.25) is 0 Å². The monoisotopic (exact) mass is 388 g/mol. The predicted octanol–water partition coefficient (Wildman–Crippen LogP) is 4.45. The summed E-state index contributed by atoms with van der Waals surface area (Å²) in [7, 11) is 0. The van der Waals surface area contributed by atoms with Crippen LogP contribution < -0.4 is 10.6 Å². The van der Waals surface area contributed by atoms with Crippen LogP contribution in [0.4, 0.5) is 21.0 Å². The highest BCUT2D eigenvalue weighted by molar-refractivity contribution is 5.85. The third-order valence-corrected chi connectivity index (χ3v) is 3.82. The van der Waals surface area contributed by atoms with Crippen LogP contribution in [0.2, 0.25) is 0 Å². The summed E-state index contributed by atoms with van der Waals surface area (Å²) in [5.41, 5.74) is 1.02. The predicted molar refractivity (Wildman–Crippen MR) is 105 cm³/mol. The largest absolute Gasteiger partial charge is 0.508 e. The molecular formula is C20H24N2O6. The normalized spacial score (nSPS) is 12.5. The average Bonchev–Trinajstić information content (AvgIpc) is 2.64. The molecule has 0 aliphatic carbocycles. The maximum Gasteiger partial charge on any atom is 0.411 e. The molecule has 0 fully saturated rings. The third kappa shape index (κ3) is 7.45. The number of benzene rings is 2. The SMILES string of the molecule is CC(CCC(C)OC(=O)Nc1ccc(O)cc1)OC(=O)Nc1ccc(O)cc1. The van der Waals surface area contributed by atoms with Crippen molar-refractivity contribution >= 4 is 23.6 Å². The minimum absolute atomic E-state index is 0.107. The second kappa shape index (κ2) is 10.1. The van der Waals surface area contributed by atoms with E-state index in [4.69, 9.17) is 9.47 Å². The molecule has 2 amide bonds. The summed E-state index contributed by atoms with van der Waals surface area (Å²) in [6.45, 7) is 3.50. The van der Waals surface area contributed by atoms with Crippen molar-refractivity contribution in [2.45, 2.75) is 38.9 Å². The minimum Gasteiger partial charge on any atom is -0.508 e. The molecule has 8 nitrogen and oxygen atoms in total. The molecule has 0 aliphatic rings. The molecular weight excluding hydrogens is 364 g/mol. The van der Waals surface area contributed by atoms with Gasteiger partial charge in [0, 0.05) is 11.4 Å². The van der Waals surface area contributed by atoms with Crippen molar-refractivity contribution in [2.75, 3.05) is 10.6 Å². The van der Waals surface area contributed by atoms with Crippen LogP contribution in [0.15, 0.2) is 48.5 Å². The Morgan fingerprint density at radius 2 is 1.07 bits per heavy atom. The molecule has 2 aromatic rings. The van der Waals surface area contributed by atoms with Gasteiger partial charge in [0.05, 0.1) is 0 Å². The van der Waals surface area contributed by atoms with E-state index in [9.17, 15) is 19.8 Å². The van der Waals surface area contributed by atoms with Crippen molar-refractivity contribution in [3.63, 3.8) is 0 Å². The molecule has 2 rings (SSSR count). The smallest absolute Gasteiger partial charge is 0.411 e. The molecule has 0 aromatic heterocycles. The summed E-state index contributed by atoms with van der Waals surface area (Å²) in [5, 5.41) is 23.6. The molecule has 0 radical (unpaired) electrons. The Hall–Kier alpha value is -3.42. The van der Waals surface area contributed by atoms with Crippen LogP contribution in [-0.2, 0) is 9.47 Å². The van der Waals surface area contributed by atoms with E-state index in [0.717, 1.165) is 0 Å². The van der Waals surface area contributed by atoms with Gasteiger partial charge >= 0.3 is 12.2 Å². The first-order valence-corrected chi connectivity index (χ1v) is 8.85. The highest BCUT2D eigenvalue weighted by atomic mass is 16.6. The zero-order valence-corrected chi connectivity index (χ0v) is 15.7. The summed E-state index contributed by atoms with van der Waals surface area (Å²) < 4.78 is 10.5. The minimum atomic E-state index is -0.600. The van der Waals surface area contributed by atoms with E-state index in [1.54, 1.807) is 38.1 Å². The van der Waals surface area contributed by atoms with Crippen molar-refractivity contribution in [1.29, 1.82) is 0 Å². The summed E-state index contributed by atoms with van der Waals surface area (Å²) in [6.07, 6.45) is -0.923. The molecule has 2 aromatic carbocycles. The van der Waals surface area contributed by atoms with Gasteiger partial charge in [0.25, 0.3) is 0 Å². The van der Waals surface area contributed by atoms with Gasteiger partial charge in [-0.2, -0.15) is 0 Å². The van der Waals surface area contributed by atoms with Gasteiger partial charge in [0.1, 0.15) is 23.7 Å². The number of nitrogens with one attached hydrogen (secondary N) is 2. The van der Waals surface area contributed by atoms with Crippen LogP contribution in [0.5, 0.6) is 11.5 Å². The molecule has 2 unspecified atom stereocenters. The number of ether oxygens (including phenoxy) is 2. The van der Waals surface area contributed by atoms with Crippen molar-refractivity contribution in [3.8, 4) is 11.5 Å². The summed E-state index contributed by atoms with van der Waals surface area (Å²) in [5.74, 6) is 0.214. The Bertz CT molecular complexity index is 709. The van der Waals surface area contributed by atoms with Crippen molar-refractivity contribution in [3.05, 3.63) is 48.5 Å². The lowest BCUT2D eigenvalue weighted by atomic mass is 10.1. The fourth-order valence-corrected chi connectivity index (χ4v) is 2.34. The first kappa shape index (κ1) is 20.9. The number of carbonyl (C=O) groups is 2. The van der Waals surface area contributed by atoms with Crippen LogP contribution in [0.1, 0.15) is 26.7 Å². The van der Waals surface area contributed by atoms with Gasteiger partial charge in [0.15, 0.2) is 0 Å². The summed E-state index contributed by atoms with van der Waals surface area (Å²) in [4.78, 5) is 23.7. The lowest BCUT2D eigenvalue weighted by molar-refractivity contribution is 0.0856. The van der Waals surface area contributed by atoms with E-state index >= 15 is 0 Å². The van der Waals surface area contributed by atoms with Crippen LogP contribution in [0.3, 0.4) is 0 Å². The quantitative estimate of drug-likeness (QED) is 0.521. The van der Waals surface area contributed by atoms with E-state index in [0.29, 0.717) is 24.2 Å². The highest BCUT2D eigenvalue weighted by Crippen LogP contribution is 2.16. The number of hydrogen-bond acceptors (Lipinski definition) is 6. The van der Waals surface area contributed by atoms with E-state index in [1.165, 1.54) is 24.3 Å². The summed E-state index contributed by atoms with van der Waals surface area (Å²) >= 11 is 0. The van der Waals surface area contributed by atoms with E-state index in [2.05, 4.69) is 10.6 Å². The first-order chi connectivity index (χ1) is 13.3. The Morgan fingerprint density at radius 3 is 1.39 bits per heavy atom. The summed E-state index contributed by atoms with van der Waals surface area (Å²) in [6, 6.07) is 12.1. The Morgan fingerprint density at radius 1 is 0.750 bits per heavy atom. The standard InChI is InChI=1S/C20H24N2O6/c1-13(27-19(25)21-15-5-9-17(23)10-6-15)3-4-14(2)28-20(26)22-16-7-11-18(24)12-8-16/h5-14,23-24H,3-4H2,1-2H3,(H,21,25)(H,22,26). The highest BCUT2D eigenvalue weighted by Gasteiger charge is 2.14. The second-order valence-corrected chi connectivity index (χ2v) is 6.35. The Balaban J connectivity index is 1.67. The number of carbonyl (C=O) groups excluding carboxylic acids is 2. The lowest BCUT2D eigenvalue weighted by Gasteiger charge is -2.17. The number of amides is 2. The molecule has 0 saturated heterocycles. The van der Waals surface area contributed by atoms with E-state index < -0.39 is 12.2 Å². The molecule has 0 saturated carbocycles. The van der Waals surface area contributed by atoms with Crippen molar-refractivity contribution < 1.29 is 29.3 Å². The zero-order valence-electron chi connectivity index (χ0n) is 15.7. The fourth-order valence-electron chi connectivity index (χ4n) is 2.34. The van der Waals surface area contributed by atoms with Crippen LogP contribution in [0, 0.1) is 0 Å². The van der Waals surface area contributed by atoms with Crippen molar-refractivity contribution in [2.24, 2.45) is 0 Å². The maximum absolute atomic E-state index is 11.8. The first-order valence-electron chi connectivity index (χ1n) is 8.85. The lowest BCUT2D eigenvalue weighted by Crippen LogP contribution is -2.24. The third-order valence-electron chi connectivity index (χ3n) is 3.82. The number of hydrogen-bond donors (Lipinski definition) is 4. The maximum atomic E-state index is 11.8. The van der Waals surface area contributed by atoms with Gasteiger partial charge < -0.3 is 19.7 Å². The van der Waals surface area contributed by atoms with Gasteiger partial charge in [-0.05, 0) is 75.2 Å². The number of phenols is 2. The molecule has 0 aliphatic heterocycles. The molecule has 28 heavy (non-hydrogen) atoms. The Kier molecular flexibility index (Phi) is 7.50. The Labute approximate surface area is 163 Å². The molecule has 2 atom stereocenters. The van der Waals surface area contributed by atoms with Gasteiger partial charge in [-0.1, -0.05) is 0 Å². The van der Waals surface area contributed by atoms with Crippen LogP contribution in [-0.4, -0.2) is 34.6 Å². The number of phenolic OH excluding ortho intramolecular Hbond substituents is 2. The van der Waals surface area contributed by atoms with Crippen molar-refractivity contribution in [1.82, 2.24) is 0 Å². The molecule has 0 spiro atoms. The topological polar surface area (TPSA) is 117 Å².